The van der Waals surface area contributed by atoms with Gasteiger partial charge < -0.3 is 5.73 Å². The fourth-order valence-corrected chi connectivity index (χ4v) is 1.50. The van der Waals surface area contributed by atoms with E-state index in [-0.39, 0.29) is 5.25 Å². The van der Waals surface area contributed by atoms with Crippen LogP contribution < -0.4 is 5.73 Å². The second-order valence-corrected chi connectivity index (χ2v) is 3.87. The highest BCUT2D eigenvalue weighted by Gasteiger charge is 2.02. The standard InChI is InChI=1S/C11H17NS/c1-2-3-9-4-6-10(7-5-9)11(13)8-12/h4-7,11,13H,2-3,8,12H2,1H3. The second-order valence-electron chi connectivity index (χ2n) is 3.24. The largest absolute Gasteiger partial charge is 0.329 e. The summed E-state index contributed by atoms with van der Waals surface area (Å²) in [6.45, 7) is 2.78. The fraction of sp³-hybridized carbons (Fsp3) is 0.455. The first kappa shape index (κ1) is 10.6. The van der Waals surface area contributed by atoms with E-state index in [1.807, 2.05) is 0 Å². The zero-order valence-corrected chi connectivity index (χ0v) is 8.93. The van der Waals surface area contributed by atoms with Gasteiger partial charge >= 0.3 is 0 Å². The lowest BCUT2D eigenvalue weighted by atomic mass is 10.1. The average molecular weight is 195 g/mol. The minimum atomic E-state index is 0.177. The van der Waals surface area contributed by atoms with Gasteiger partial charge in [-0.05, 0) is 17.5 Å². The summed E-state index contributed by atoms with van der Waals surface area (Å²) < 4.78 is 0. The summed E-state index contributed by atoms with van der Waals surface area (Å²) in [5, 5.41) is 0.177. The molecule has 0 aromatic heterocycles. The van der Waals surface area contributed by atoms with Crippen LogP contribution in [0.2, 0.25) is 0 Å². The van der Waals surface area contributed by atoms with Gasteiger partial charge in [-0.1, -0.05) is 37.6 Å². The van der Waals surface area contributed by atoms with E-state index in [1.54, 1.807) is 0 Å². The third-order valence-electron chi connectivity index (χ3n) is 2.13. The molecule has 72 valence electrons. The van der Waals surface area contributed by atoms with Crippen LogP contribution >= 0.6 is 12.6 Å². The predicted molar refractivity (Wildman–Crippen MR) is 61.2 cm³/mol. The Hall–Kier alpha value is -0.470. The van der Waals surface area contributed by atoms with Crippen molar-refractivity contribution in [3.8, 4) is 0 Å². The first-order valence-electron chi connectivity index (χ1n) is 4.75. The summed E-state index contributed by atoms with van der Waals surface area (Å²) in [7, 11) is 0. The Morgan fingerprint density at radius 2 is 1.92 bits per heavy atom. The van der Waals surface area contributed by atoms with Crippen molar-refractivity contribution >= 4 is 12.6 Å². The minimum Gasteiger partial charge on any atom is -0.329 e. The van der Waals surface area contributed by atoms with Crippen LogP contribution in [0.4, 0.5) is 0 Å². The van der Waals surface area contributed by atoms with Crippen molar-refractivity contribution < 1.29 is 0 Å². The first-order valence-corrected chi connectivity index (χ1v) is 5.26. The molecule has 0 aliphatic heterocycles. The molecule has 1 aromatic carbocycles. The molecule has 0 saturated heterocycles. The number of aryl methyl sites for hydroxylation is 1. The van der Waals surface area contributed by atoms with Crippen LogP contribution in [0, 0.1) is 0 Å². The van der Waals surface area contributed by atoms with E-state index in [4.69, 9.17) is 5.73 Å². The van der Waals surface area contributed by atoms with Crippen LogP contribution in [0.15, 0.2) is 24.3 Å². The molecule has 0 bridgehead atoms. The van der Waals surface area contributed by atoms with Crippen molar-refractivity contribution in [2.45, 2.75) is 25.0 Å². The number of rotatable bonds is 4. The number of nitrogens with two attached hydrogens (primary N) is 1. The lowest BCUT2D eigenvalue weighted by molar-refractivity contribution is 0.912. The summed E-state index contributed by atoms with van der Waals surface area (Å²) in [5.41, 5.74) is 8.13. The van der Waals surface area contributed by atoms with E-state index in [1.165, 1.54) is 17.5 Å². The molecule has 0 radical (unpaired) electrons. The van der Waals surface area contributed by atoms with Crippen molar-refractivity contribution in [2.24, 2.45) is 5.73 Å². The van der Waals surface area contributed by atoms with E-state index in [0.29, 0.717) is 6.54 Å². The molecular weight excluding hydrogens is 178 g/mol. The van der Waals surface area contributed by atoms with Crippen LogP contribution in [0.1, 0.15) is 29.7 Å². The average Bonchev–Trinajstić information content (AvgIpc) is 2.18. The van der Waals surface area contributed by atoms with Crippen molar-refractivity contribution in [3.63, 3.8) is 0 Å². The lowest BCUT2D eigenvalue weighted by Crippen LogP contribution is -2.06. The van der Waals surface area contributed by atoms with E-state index in [0.717, 1.165) is 6.42 Å². The number of hydrogen-bond donors (Lipinski definition) is 2. The number of thiol groups is 1. The highest BCUT2D eigenvalue weighted by atomic mass is 32.1. The van der Waals surface area contributed by atoms with Crippen molar-refractivity contribution in [2.75, 3.05) is 6.54 Å². The molecule has 1 aromatic rings. The SMILES string of the molecule is CCCc1ccc(C(S)CN)cc1. The van der Waals surface area contributed by atoms with Gasteiger partial charge in [0.1, 0.15) is 0 Å². The minimum absolute atomic E-state index is 0.177. The summed E-state index contributed by atoms with van der Waals surface area (Å²) in [4.78, 5) is 0. The Bertz CT molecular complexity index is 243. The third kappa shape index (κ3) is 3.05. The van der Waals surface area contributed by atoms with Gasteiger partial charge in [0.15, 0.2) is 0 Å². The second kappa shape index (κ2) is 5.30. The maximum Gasteiger partial charge on any atom is 0.0389 e. The molecule has 2 heteroatoms. The maximum atomic E-state index is 5.52. The molecule has 0 aliphatic rings. The van der Waals surface area contributed by atoms with E-state index >= 15 is 0 Å². The normalized spacial score (nSPS) is 12.8. The van der Waals surface area contributed by atoms with Crippen LogP contribution in [-0.4, -0.2) is 6.54 Å². The third-order valence-corrected chi connectivity index (χ3v) is 2.64. The van der Waals surface area contributed by atoms with Gasteiger partial charge in [-0.25, -0.2) is 0 Å². The predicted octanol–water partition coefficient (Wildman–Crippen LogP) is 2.57. The highest BCUT2D eigenvalue weighted by molar-refractivity contribution is 7.80. The molecule has 0 heterocycles. The number of hydrogen-bond acceptors (Lipinski definition) is 2. The van der Waals surface area contributed by atoms with Gasteiger partial charge in [-0.2, -0.15) is 12.6 Å². The Morgan fingerprint density at radius 1 is 1.31 bits per heavy atom. The molecule has 0 amide bonds. The zero-order chi connectivity index (χ0) is 9.68. The van der Waals surface area contributed by atoms with Crippen LogP contribution in [0.5, 0.6) is 0 Å². The maximum absolute atomic E-state index is 5.52. The van der Waals surface area contributed by atoms with Gasteiger partial charge in [0.25, 0.3) is 0 Å². The molecule has 2 N–H and O–H groups in total. The Kier molecular flexibility index (Phi) is 4.33. The van der Waals surface area contributed by atoms with Crippen molar-refractivity contribution in [1.29, 1.82) is 0 Å². The van der Waals surface area contributed by atoms with Crippen molar-refractivity contribution in [3.05, 3.63) is 35.4 Å². The summed E-state index contributed by atoms with van der Waals surface area (Å²) in [5.74, 6) is 0. The van der Waals surface area contributed by atoms with E-state index in [9.17, 15) is 0 Å². The van der Waals surface area contributed by atoms with Gasteiger partial charge in [0.05, 0.1) is 0 Å². The van der Waals surface area contributed by atoms with Gasteiger partial charge in [-0.3, -0.25) is 0 Å². The Balaban J connectivity index is 2.69. The topological polar surface area (TPSA) is 26.0 Å². The van der Waals surface area contributed by atoms with Crippen molar-refractivity contribution in [1.82, 2.24) is 0 Å². The van der Waals surface area contributed by atoms with Crippen LogP contribution in [0.25, 0.3) is 0 Å². The van der Waals surface area contributed by atoms with Crippen LogP contribution in [-0.2, 0) is 6.42 Å². The van der Waals surface area contributed by atoms with Gasteiger partial charge in [-0.15, -0.1) is 0 Å². The molecule has 1 rings (SSSR count). The Labute approximate surface area is 85.8 Å². The molecule has 0 aliphatic carbocycles. The van der Waals surface area contributed by atoms with E-state index in [2.05, 4.69) is 43.8 Å². The summed E-state index contributed by atoms with van der Waals surface area (Å²) in [6.07, 6.45) is 2.35. The lowest BCUT2D eigenvalue weighted by Gasteiger charge is -2.08. The van der Waals surface area contributed by atoms with E-state index < -0.39 is 0 Å². The smallest absolute Gasteiger partial charge is 0.0389 e. The molecule has 1 nitrogen and oxygen atoms in total. The van der Waals surface area contributed by atoms with Gasteiger partial charge in [0, 0.05) is 11.8 Å². The quantitative estimate of drug-likeness (QED) is 0.710. The summed E-state index contributed by atoms with van der Waals surface area (Å²) in [6, 6.07) is 8.57. The molecule has 0 spiro atoms. The molecule has 0 saturated carbocycles. The molecular formula is C11H17NS. The molecule has 1 atom stereocenters. The fourth-order valence-electron chi connectivity index (χ4n) is 1.33. The monoisotopic (exact) mass is 195 g/mol. The molecule has 1 unspecified atom stereocenters. The Morgan fingerprint density at radius 3 is 2.38 bits per heavy atom. The first-order chi connectivity index (χ1) is 6.27. The van der Waals surface area contributed by atoms with Gasteiger partial charge in [0.2, 0.25) is 0 Å². The molecule has 13 heavy (non-hydrogen) atoms. The highest BCUT2D eigenvalue weighted by Crippen LogP contribution is 2.18. The molecule has 0 fully saturated rings. The summed E-state index contributed by atoms with van der Waals surface area (Å²) >= 11 is 4.38. The number of benzene rings is 1. The zero-order valence-electron chi connectivity index (χ0n) is 8.03. The van der Waals surface area contributed by atoms with Crippen LogP contribution in [0.3, 0.4) is 0 Å².